The van der Waals surface area contributed by atoms with Gasteiger partial charge in [0.15, 0.2) is 0 Å². The SMILES string of the molecule is CSc1ccc(CCNC(C)C#N)cc1. The monoisotopic (exact) mass is 220 g/mol. The van der Waals surface area contributed by atoms with Crippen molar-refractivity contribution in [2.45, 2.75) is 24.3 Å². The van der Waals surface area contributed by atoms with E-state index < -0.39 is 0 Å². The molecule has 1 aromatic rings. The van der Waals surface area contributed by atoms with Crippen LogP contribution >= 0.6 is 11.8 Å². The Kier molecular flexibility index (Phi) is 5.23. The average molecular weight is 220 g/mol. The van der Waals surface area contributed by atoms with E-state index in [1.165, 1.54) is 10.5 Å². The highest BCUT2D eigenvalue weighted by atomic mass is 32.2. The van der Waals surface area contributed by atoms with Gasteiger partial charge < -0.3 is 5.32 Å². The summed E-state index contributed by atoms with van der Waals surface area (Å²) in [7, 11) is 0. The van der Waals surface area contributed by atoms with Gasteiger partial charge in [-0.15, -0.1) is 11.8 Å². The molecule has 1 atom stereocenters. The maximum absolute atomic E-state index is 8.59. The van der Waals surface area contributed by atoms with Gasteiger partial charge in [0.1, 0.15) is 0 Å². The number of rotatable bonds is 5. The highest BCUT2D eigenvalue weighted by molar-refractivity contribution is 7.98. The van der Waals surface area contributed by atoms with Gasteiger partial charge >= 0.3 is 0 Å². The number of thioether (sulfide) groups is 1. The van der Waals surface area contributed by atoms with Crippen LogP contribution in [0.1, 0.15) is 12.5 Å². The van der Waals surface area contributed by atoms with Crippen LogP contribution in [0.2, 0.25) is 0 Å². The fourth-order valence-corrected chi connectivity index (χ4v) is 1.68. The van der Waals surface area contributed by atoms with E-state index in [0.29, 0.717) is 0 Å². The molecule has 1 unspecified atom stereocenters. The number of nitrogens with one attached hydrogen (secondary N) is 1. The molecule has 0 spiro atoms. The Labute approximate surface area is 95.7 Å². The number of hydrogen-bond donors (Lipinski definition) is 1. The molecule has 0 saturated heterocycles. The molecule has 0 aromatic heterocycles. The summed E-state index contributed by atoms with van der Waals surface area (Å²) in [6, 6.07) is 10.6. The van der Waals surface area contributed by atoms with Crippen molar-refractivity contribution in [2.24, 2.45) is 0 Å². The van der Waals surface area contributed by atoms with Crippen molar-refractivity contribution in [2.75, 3.05) is 12.8 Å². The lowest BCUT2D eigenvalue weighted by molar-refractivity contribution is 0.640. The van der Waals surface area contributed by atoms with Crippen molar-refractivity contribution in [3.05, 3.63) is 29.8 Å². The molecule has 3 heteroatoms. The van der Waals surface area contributed by atoms with Crippen LogP contribution in [-0.2, 0) is 6.42 Å². The van der Waals surface area contributed by atoms with E-state index in [1.54, 1.807) is 11.8 Å². The summed E-state index contributed by atoms with van der Waals surface area (Å²) in [5.41, 5.74) is 1.31. The second-order valence-electron chi connectivity index (χ2n) is 3.40. The summed E-state index contributed by atoms with van der Waals surface area (Å²) < 4.78 is 0. The van der Waals surface area contributed by atoms with Crippen LogP contribution in [0.15, 0.2) is 29.2 Å². The zero-order valence-electron chi connectivity index (χ0n) is 9.16. The molecule has 0 radical (unpaired) electrons. The van der Waals surface area contributed by atoms with Crippen molar-refractivity contribution in [3.63, 3.8) is 0 Å². The number of benzene rings is 1. The first kappa shape index (κ1) is 12.1. The summed E-state index contributed by atoms with van der Waals surface area (Å²) in [5, 5.41) is 11.7. The molecule has 0 saturated carbocycles. The standard InChI is InChI=1S/C12H16N2S/c1-10(9-13)14-8-7-11-3-5-12(15-2)6-4-11/h3-6,10,14H,7-8H2,1-2H3. The molecule has 0 fully saturated rings. The summed E-state index contributed by atoms with van der Waals surface area (Å²) in [5.74, 6) is 0. The van der Waals surface area contributed by atoms with Gasteiger partial charge in [0.2, 0.25) is 0 Å². The third-order valence-corrected chi connectivity index (χ3v) is 2.96. The fourth-order valence-electron chi connectivity index (χ4n) is 1.27. The van der Waals surface area contributed by atoms with E-state index in [0.717, 1.165) is 13.0 Å². The van der Waals surface area contributed by atoms with Crippen molar-refractivity contribution in [1.82, 2.24) is 5.32 Å². The zero-order valence-corrected chi connectivity index (χ0v) is 9.97. The summed E-state index contributed by atoms with van der Waals surface area (Å²) in [4.78, 5) is 1.29. The molecule has 0 amide bonds. The molecular weight excluding hydrogens is 204 g/mol. The van der Waals surface area contributed by atoms with Gasteiger partial charge in [-0.3, -0.25) is 0 Å². The van der Waals surface area contributed by atoms with Crippen molar-refractivity contribution in [1.29, 1.82) is 5.26 Å². The van der Waals surface area contributed by atoms with E-state index in [2.05, 4.69) is 41.9 Å². The smallest absolute Gasteiger partial charge is 0.0924 e. The minimum Gasteiger partial charge on any atom is -0.302 e. The number of nitriles is 1. The Hall–Kier alpha value is -0.980. The van der Waals surface area contributed by atoms with Gasteiger partial charge in [-0.25, -0.2) is 0 Å². The largest absolute Gasteiger partial charge is 0.302 e. The topological polar surface area (TPSA) is 35.8 Å². The van der Waals surface area contributed by atoms with Crippen LogP contribution in [0.3, 0.4) is 0 Å². The molecule has 0 heterocycles. The first-order valence-electron chi connectivity index (χ1n) is 5.02. The highest BCUT2D eigenvalue weighted by Gasteiger charge is 1.98. The Bertz CT molecular complexity index is 326. The lowest BCUT2D eigenvalue weighted by atomic mass is 10.1. The Morgan fingerprint density at radius 1 is 1.40 bits per heavy atom. The average Bonchev–Trinajstić information content (AvgIpc) is 2.29. The second-order valence-corrected chi connectivity index (χ2v) is 4.28. The lowest BCUT2D eigenvalue weighted by Crippen LogP contribution is -2.26. The van der Waals surface area contributed by atoms with Crippen LogP contribution in [0.25, 0.3) is 0 Å². The first-order chi connectivity index (χ1) is 7.26. The third kappa shape index (κ3) is 4.37. The van der Waals surface area contributed by atoms with Gasteiger partial charge in [0, 0.05) is 11.4 Å². The fraction of sp³-hybridized carbons (Fsp3) is 0.417. The molecule has 2 nitrogen and oxygen atoms in total. The van der Waals surface area contributed by atoms with Gasteiger partial charge in [-0.05, 0) is 37.3 Å². The minimum absolute atomic E-state index is 0.0597. The van der Waals surface area contributed by atoms with Gasteiger partial charge in [-0.2, -0.15) is 5.26 Å². The molecule has 15 heavy (non-hydrogen) atoms. The normalized spacial score (nSPS) is 12.1. The summed E-state index contributed by atoms with van der Waals surface area (Å²) >= 11 is 1.75. The second kappa shape index (κ2) is 6.49. The molecule has 1 N–H and O–H groups in total. The molecule has 1 rings (SSSR count). The molecule has 1 aromatic carbocycles. The minimum atomic E-state index is -0.0597. The molecule has 0 aliphatic carbocycles. The van der Waals surface area contributed by atoms with Crippen LogP contribution in [0.5, 0.6) is 0 Å². The van der Waals surface area contributed by atoms with Crippen molar-refractivity contribution in [3.8, 4) is 6.07 Å². The number of nitrogens with zero attached hydrogens (tertiary/aromatic N) is 1. The van der Waals surface area contributed by atoms with Crippen molar-refractivity contribution < 1.29 is 0 Å². The maximum atomic E-state index is 8.59. The van der Waals surface area contributed by atoms with E-state index in [1.807, 2.05) is 6.92 Å². The summed E-state index contributed by atoms with van der Waals surface area (Å²) in [6.45, 7) is 2.73. The predicted molar refractivity (Wildman–Crippen MR) is 65.0 cm³/mol. The lowest BCUT2D eigenvalue weighted by Gasteiger charge is -2.06. The van der Waals surface area contributed by atoms with Crippen LogP contribution < -0.4 is 5.32 Å². The molecule has 0 aliphatic heterocycles. The van der Waals surface area contributed by atoms with Gasteiger partial charge in [0.25, 0.3) is 0 Å². The summed E-state index contributed by atoms with van der Waals surface area (Å²) in [6.07, 6.45) is 3.05. The van der Waals surface area contributed by atoms with Crippen molar-refractivity contribution >= 4 is 11.8 Å². The third-order valence-electron chi connectivity index (χ3n) is 2.22. The Balaban J connectivity index is 2.35. The first-order valence-corrected chi connectivity index (χ1v) is 6.24. The zero-order chi connectivity index (χ0) is 11.1. The highest BCUT2D eigenvalue weighted by Crippen LogP contribution is 2.14. The maximum Gasteiger partial charge on any atom is 0.0924 e. The molecule has 0 aliphatic rings. The van der Waals surface area contributed by atoms with Crippen LogP contribution in [-0.4, -0.2) is 18.8 Å². The van der Waals surface area contributed by atoms with E-state index >= 15 is 0 Å². The Morgan fingerprint density at radius 3 is 2.60 bits per heavy atom. The van der Waals surface area contributed by atoms with E-state index in [4.69, 9.17) is 5.26 Å². The Morgan fingerprint density at radius 2 is 2.07 bits per heavy atom. The van der Waals surface area contributed by atoms with Crippen LogP contribution in [0, 0.1) is 11.3 Å². The number of hydrogen-bond acceptors (Lipinski definition) is 3. The quantitative estimate of drug-likeness (QED) is 0.774. The molecule has 80 valence electrons. The van der Waals surface area contributed by atoms with Crippen LogP contribution in [0.4, 0.5) is 0 Å². The van der Waals surface area contributed by atoms with Gasteiger partial charge in [-0.1, -0.05) is 12.1 Å². The van der Waals surface area contributed by atoms with E-state index in [-0.39, 0.29) is 6.04 Å². The van der Waals surface area contributed by atoms with Gasteiger partial charge in [0.05, 0.1) is 12.1 Å². The molecular formula is C12H16N2S. The van der Waals surface area contributed by atoms with E-state index in [9.17, 15) is 0 Å². The molecule has 0 bridgehead atoms. The predicted octanol–water partition coefficient (Wildman–Crippen LogP) is 2.45.